The largest absolute Gasteiger partial charge is 0.383 e. The second-order valence-corrected chi connectivity index (χ2v) is 4.99. The Morgan fingerprint density at radius 3 is 2.84 bits per heavy atom. The standard InChI is InChI=1S/C13H17N5O/c1-3-9-7(2)15-13(16-12(9)19)18-11(14)6-10(17-18)8-4-5-8/h6,8H,3-5,14H2,1-2H3,(H,15,16,19). The summed E-state index contributed by atoms with van der Waals surface area (Å²) in [5.74, 6) is 1.42. The average molecular weight is 259 g/mol. The quantitative estimate of drug-likeness (QED) is 0.869. The van der Waals surface area contributed by atoms with Crippen molar-refractivity contribution in [2.45, 2.75) is 39.0 Å². The third kappa shape index (κ3) is 2.03. The van der Waals surface area contributed by atoms with Crippen LogP contribution in [-0.4, -0.2) is 19.7 Å². The van der Waals surface area contributed by atoms with E-state index in [0.717, 1.165) is 24.2 Å². The molecule has 0 amide bonds. The van der Waals surface area contributed by atoms with Crippen LogP contribution in [0.2, 0.25) is 0 Å². The van der Waals surface area contributed by atoms with Gasteiger partial charge in [-0.15, -0.1) is 0 Å². The van der Waals surface area contributed by atoms with Crippen molar-refractivity contribution in [2.75, 3.05) is 5.73 Å². The first-order valence-corrected chi connectivity index (χ1v) is 6.55. The fourth-order valence-corrected chi connectivity index (χ4v) is 2.28. The van der Waals surface area contributed by atoms with Gasteiger partial charge in [-0.2, -0.15) is 9.78 Å². The van der Waals surface area contributed by atoms with Gasteiger partial charge in [-0.05, 0) is 26.2 Å². The summed E-state index contributed by atoms with van der Waals surface area (Å²) < 4.78 is 1.52. The van der Waals surface area contributed by atoms with E-state index in [1.165, 1.54) is 4.68 Å². The van der Waals surface area contributed by atoms with Gasteiger partial charge in [0, 0.05) is 23.2 Å². The summed E-state index contributed by atoms with van der Waals surface area (Å²) in [6, 6.07) is 1.86. The van der Waals surface area contributed by atoms with E-state index in [2.05, 4.69) is 15.1 Å². The van der Waals surface area contributed by atoms with Gasteiger partial charge in [-0.25, -0.2) is 4.98 Å². The van der Waals surface area contributed by atoms with Crippen molar-refractivity contribution in [3.8, 4) is 5.95 Å². The Bertz CT molecular complexity index is 681. The second-order valence-electron chi connectivity index (χ2n) is 4.99. The molecule has 3 rings (SSSR count). The van der Waals surface area contributed by atoms with Crippen molar-refractivity contribution in [3.63, 3.8) is 0 Å². The van der Waals surface area contributed by atoms with Crippen LogP contribution in [0.5, 0.6) is 0 Å². The molecule has 0 spiro atoms. The topological polar surface area (TPSA) is 89.6 Å². The molecule has 1 fully saturated rings. The van der Waals surface area contributed by atoms with Crippen LogP contribution in [0.25, 0.3) is 5.95 Å². The predicted octanol–water partition coefficient (Wildman–Crippen LogP) is 1.29. The molecule has 0 unspecified atom stereocenters. The molecule has 19 heavy (non-hydrogen) atoms. The Labute approximate surface area is 110 Å². The van der Waals surface area contributed by atoms with Gasteiger partial charge in [-0.3, -0.25) is 9.78 Å². The van der Waals surface area contributed by atoms with Crippen molar-refractivity contribution < 1.29 is 0 Å². The first-order chi connectivity index (χ1) is 9.10. The number of aromatic nitrogens is 4. The smallest absolute Gasteiger partial charge is 0.255 e. The van der Waals surface area contributed by atoms with Crippen LogP contribution in [0.3, 0.4) is 0 Å². The molecular weight excluding hydrogens is 242 g/mol. The number of nitrogens with two attached hydrogens (primary N) is 1. The van der Waals surface area contributed by atoms with Gasteiger partial charge in [0.2, 0.25) is 5.95 Å². The van der Waals surface area contributed by atoms with E-state index in [0.29, 0.717) is 29.7 Å². The molecule has 2 aromatic heterocycles. The lowest BCUT2D eigenvalue weighted by Gasteiger charge is -2.06. The lowest BCUT2D eigenvalue weighted by atomic mass is 10.2. The van der Waals surface area contributed by atoms with Gasteiger partial charge in [0.1, 0.15) is 5.82 Å². The highest BCUT2D eigenvalue weighted by molar-refractivity contribution is 5.39. The third-order valence-corrected chi connectivity index (χ3v) is 3.52. The summed E-state index contributed by atoms with van der Waals surface area (Å²) in [5.41, 5.74) is 8.25. The molecule has 3 N–H and O–H groups in total. The van der Waals surface area contributed by atoms with E-state index in [-0.39, 0.29) is 5.56 Å². The lowest BCUT2D eigenvalue weighted by molar-refractivity contribution is 0.771. The van der Waals surface area contributed by atoms with E-state index in [4.69, 9.17) is 5.73 Å². The second kappa shape index (κ2) is 4.22. The van der Waals surface area contributed by atoms with Gasteiger partial charge >= 0.3 is 0 Å². The van der Waals surface area contributed by atoms with Crippen LogP contribution < -0.4 is 11.3 Å². The van der Waals surface area contributed by atoms with Crippen LogP contribution >= 0.6 is 0 Å². The zero-order chi connectivity index (χ0) is 13.6. The Morgan fingerprint density at radius 2 is 2.26 bits per heavy atom. The number of rotatable bonds is 3. The van der Waals surface area contributed by atoms with Gasteiger partial charge < -0.3 is 5.73 Å². The molecule has 0 bridgehead atoms. The lowest BCUT2D eigenvalue weighted by Crippen LogP contribution is -2.20. The Balaban J connectivity index is 2.09. The number of aryl methyl sites for hydroxylation is 1. The minimum Gasteiger partial charge on any atom is -0.383 e. The predicted molar refractivity (Wildman–Crippen MR) is 72.5 cm³/mol. The molecule has 2 aromatic rings. The maximum atomic E-state index is 12.0. The van der Waals surface area contributed by atoms with Crippen molar-refractivity contribution in [1.82, 2.24) is 19.7 Å². The molecular formula is C13H17N5O. The minimum atomic E-state index is -0.118. The number of anilines is 1. The molecule has 6 nitrogen and oxygen atoms in total. The fraction of sp³-hybridized carbons (Fsp3) is 0.462. The Hall–Kier alpha value is -2.11. The number of hydrogen-bond donors (Lipinski definition) is 2. The number of H-pyrrole nitrogens is 1. The van der Waals surface area contributed by atoms with Gasteiger partial charge in [0.15, 0.2) is 0 Å². The van der Waals surface area contributed by atoms with Crippen molar-refractivity contribution >= 4 is 5.82 Å². The SMILES string of the molecule is CCc1c(C)nc(-n2nc(C3CC3)cc2N)[nH]c1=O. The molecule has 0 atom stereocenters. The maximum absolute atomic E-state index is 12.0. The highest BCUT2D eigenvalue weighted by Gasteiger charge is 2.27. The number of hydrogen-bond acceptors (Lipinski definition) is 4. The van der Waals surface area contributed by atoms with Crippen LogP contribution in [0.1, 0.15) is 42.6 Å². The first kappa shape index (κ1) is 12.0. The highest BCUT2D eigenvalue weighted by atomic mass is 16.1. The highest BCUT2D eigenvalue weighted by Crippen LogP contribution is 2.39. The van der Waals surface area contributed by atoms with Crippen LogP contribution in [0, 0.1) is 6.92 Å². The van der Waals surface area contributed by atoms with Crippen molar-refractivity contribution in [2.24, 2.45) is 0 Å². The summed E-state index contributed by atoms with van der Waals surface area (Å²) in [6.45, 7) is 3.77. The molecule has 1 aliphatic rings. The maximum Gasteiger partial charge on any atom is 0.255 e. The number of nitrogens with one attached hydrogen (secondary N) is 1. The zero-order valence-electron chi connectivity index (χ0n) is 11.1. The zero-order valence-corrected chi connectivity index (χ0v) is 11.1. The molecule has 100 valence electrons. The molecule has 0 radical (unpaired) electrons. The van der Waals surface area contributed by atoms with Crippen LogP contribution in [0.15, 0.2) is 10.9 Å². The molecule has 0 aliphatic heterocycles. The van der Waals surface area contributed by atoms with Gasteiger partial charge in [0.05, 0.1) is 5.69 Å². The van der Waals surface area contributed by atoms with E-state index < -0.39 is 0 Å². The van der Waals surface area contributed by atoms with E-state index in [1.54, 1.807) is 0 Å². The molecule has 0 saturated heterocycles. The first-order valence-electron chi connectivity index (χ1n) is 6.55. The molecule has 1 aliphatic carbocycles. The monoisotopic (exact) mass is 259 g/mol. The number of nitrogen functional groups attached to an aromatic ring is 1. The summed E-state index contributed by atoms with van der Waals surface area (Å²) >= 11 is 0. The van der Waals surface area contributed by atoms with Gasteiger partial charge in [0.25, 0.3) is 5.56 Å². The minimum absolute atomic E-state index is 0.118. The fourth-order valence-electron chi connectivity index (χ4n) is 2.28. The number of aromatic amines is 1. The normalized spacial score (nSPS) is 14.8. The number of nitrogens with zero attached hydrogens (tertiary/aromatic N) is 3. The van der Waals surface area contributed by atoms with Crippen molar-refractivity contribution in [3.05, 3.63) is 33.4 Å². The molecule has 2 heterocycles. The van der Waals surface area contributed by atoms with Crippen LogP contribution in [-0.2, 0) is 6.42 Å². The average Bonchev–Trinajstić information content (AvgIpc) is 3.12. The van der Waals surface area contributed by atoms with E-state index >= 15 is 0 Å². The third-order valence-electron chi connectivity index (χ3n) is 3.52. The van der Waals surface area contributed by atoms with E-state index in [9.17, 15) is 4.79 Å². The Kier molecular flexibility index (Phi) is 2.66. The van der Waals surface area contributed by atoms with Crippen molar-refractivity contribution in [1.29, 1.82) is 0 Å². The summed E-state index contributed by atoms with van der Waals surface area (Å²) in [5, 5.41) is 4.44. The summed E-state index contributed by atoms with van der Waals surface area (Å²) in [6.07, 6.45) is 2.98. The van der Waals surface area contributed by atoms with E-state index in [1.807, 2.05) is 19.9 Å². The Morgan fingerprint density at radius 1 is 1.53 bits per heavy atom. The molecule has 0 aromatic carbocycles. The summed E-state index contributed by atoms with van der Waals surface area (Å²) in [7, 11) is 0. The van der Waals surface area contributed by atoms with Gasteiger partial charge in [-0.1, -0.05) is 6.92 Å². The molecule has 6 heteroatoms. The molecule has 1 saturated carbocycles. The van der Waals surface area contributed by atoms with Crippen LogP contribution in [0.4, 0.5) is 5.82 Å². The summed E-state index contributed by atoms with van der Waals surface area (Å²) in [4.78, 5) is 19.1.